The summed E-state index contributed by atoms with van der Waals surface area (Å²) in [5.74, 6) is 2.85. The van der Waals surface area contributed by atoms with Crippen molar-refractivity contribution in [3.63, 3.8) is 0 Å². The van der Waals surface area contributed by atoms with Crippen molar-refractivity contribution >= 4 is 0 Å². The summed E-state index contributed by atoms with van der Waals surface area (Å²) in [6.45, 7) is 14.7. The molecule has 1 aliphatic carbocycles. The quantitative estimate of drug-likeness (QED) is 0.459. The van der Waals surface area contributed by atoms with Gasteiger partial charge in [-0.2, -0.15) is 0 Å². The Labute approximate surface area is 176 Å². The maximum absolute atomic E-state index is 5.75. The predicted molar refractivity (Wildman–Crippen MR) is 126 cm³/mol. The minimum atomic E-state index is -0.0590. The molecule has 0 bridgehead atoms. The van der Waals surface area contributed by atoms with Crippen LogP contribution in [0, 0.1) is 19.3 Å². The van der Waals surface area contributed by atoms with Gasteiger partial charge in [-0.1, -0.05) is 111 Å². The Bertz CT molecular complexity index is 999. The van der Waals surface area contributed by atoms with Gasteiger partial charge in [0.05, 0.1) is 0 Å². The van der Waals surface area contributed by atoms with E-state index in [1.807, 2.05) is 6.08 Å². The predicted octanol–water partition coefficient (Wildman–Crippen LogP) is 7.43. The molecular weight excluding hydrogens is 348 g/mol. The van der Waals surface area contributed by atoms with Gasteiger partial charge in [-0.15, -0.1) is 6.42 Å². The lowest BCUT2D eigenvalue weighted by Crippen LogP contribution is -2.19. The van der Waals surface area contributed by atoms with Crippen LogP contribution in [0.5, 0.6) is 0 Å². The summed E-state index contributed by atoms with van der Waals surface area (Å²) < 4.78 is 0. The highest BCUT2D eigenvalue weighted by molar-refractivity contribution is 5.49. The van der Waals surface area contributed by atoms with Crippen LogP contribution in [0.15, 0.2) is 96.6 Å². The molecule has 1 unspecified atom stereocenters. The van der Waals surface area contributed by atoms with Crippen molar-refractivity contribution in [2.75, 3.05) is 0 Å². The molecule has 146 valence electrons. The first-order chi connectivity index (χ1) is 13.9. The Kier molecular flexibility index (Phi) is 6.09. The van der Waals surface area contributed by atoms with E-state index in [0.29, 0.717) is 0 Å². The number of hydrogen-bond donors (Lipinski definition) is 0. The number of allylic oxidation sites excluding steroid dienone is 6. The molecule has 0 aromatic heterocycles. The minimum Gasteiger partial charge on any atom is -0.115 e. The minimum absolute atomic E-state index is 0.0590. The summed E-state index contributed by atoms with van der Waals surface area (Å²) in [6.07, 6.45) is 14.0. The maximum Gasteiger partial charge on any atom is 0.0375 e. The van der Waals surface area contributed by atoms with Crippen molar-refractivity contribution < 1.29 is 0 Å². The molecule has 0 heteroatoms. The van der Waals surface area contributed by atoms with Crippen LogP contribution in [-0.4, -0.2) is 0 Å². The third-order valence-electron chi connectivity index (χ3n) is 6.12. The van der Waals surface area contributed by atoms with Gasteiger partial charge >= 0.3 is 0 Å². The van der Waals surface area contributed by atoms with E-state index in [1.54, 1.807) is 0 Å². The van der Waals surface area contributed by atoms with Gasteiger partial charge in [0.25, 0.3) is 0 Å². The highest BCUT2D eigenvalue weighted by atomic mass is 14.3. The third kappa shape index (κ3) is 4.36. The van der Waals surface area contributed by atoms with Crippen molar-refractivity contribution in [1.82, 2.24) is 0 Å². The molecule has 1 atom stereocenters. The van der Waals surface area contributed by atoms with E-state index >= 15 is 0 Å². The van der Waals surface area contributed by atoms with Crippen LogP contribution in [0.1, 0.15) is 54.9 Å². The number of aryl methyl sites for hydroxylation is 1. The third-order valence-corrected chi connectivity index (χ3v) is 6.12. The van der Waals surface area contributed by atoms with Crippen LogP contribution >= 0.6 is 0 Å². The monoisotopic (exact) mass is 378 g/mol. The maximum atomic E-state index is 5.75. The van der Waals surface area contributed by atoms with Crippen LogP contribution < -0.4 is 0 Å². The van der Waals surface area contributed by atoms with Crippen LogP contribution in [0.4, 0.5) is 0 Å². The summed E-state index contributed by atoms with van der Waals surface area (Å²) in [4.78, 5) is 0. The van der Waals surface area contributed by atoms with E-state index in [4.69, 9.17) is 6.42 Å². The second-order valence-corrected chi connectivity index (χ2v) is 8.40. The topological polar surface area (TPSA) is 0 Å². The highest BCUT2D eigenvalue weighted by Crippen LogP contribution is 2.38. The molecule has 0 spiro atoms. The summed E-state index contributed by atoms with van der Waals surface area (Å²) >= 11 is 0. The van der Waals surface area contributed by atoms with Crippen molar-refractivity contribution in [1.29, 1.82) is 0 Å². The summed E-state index contributed by atoms with van der Waals surface area (Å²) in [5, 5.41) is 0. The standard InChI is InChI=1S/C29H30/c1-7-22(4)28(24-13-11-23(8-2)12-14-24)25-15-19-27(20-16-25)29(5,6)26-17-9-21(3)10-18-26/h1,8-11,13,15-20,28H,2,4,12,14H2,3,5-6H3. The average Bonchev–Trinajstić information content (AvgIpc) is 2.75. The number of terminal acetylenes is 1. The van der Waals surface area contributed by atoms with Crippen LogP contribution in [0.2, 0.25) is 0 Å². The Morgan fingerprint density at radius 3 is 2.07 bits per heavy atom. The largest absolute Gasteiger partial charge is 0.115 e. The molecule has 0 fully saturated rings. The number of rotatable bonds is 6. The molecule has 2 aromatic carbocycles. The molecule has 1 aliphatic rings. The first kappa shape index (κ1) is 20.7. The van der Waals surface area contributed by atoms with E-state index in [9.17, 15) is 0 Å². The Balaban J connectivity index is 1.94. The van der Waals surface area contributed by atoms with Gasteiger partial charge in [-0.05, 0) is 42.0 Å². The first-order valence-corrected chi connectivity index (χ1v) is 10.2. The molecule has 0 radical (unpaired) electrons. The second-order valence-electron chi connectivity index (χ2n) is 8.40. The molecule has 29 heavy (non-hydrogen) atoms. The number of benzene rings is 2. The average molecular weight is 379 g/mol. The molecule has 0 aliphatic heterocycles. The molecule has 0 heterocycles. The zero-order chi connectivity index (χ0) is 21.0. The lowest BCUT2D eigenvalue weighted by atomic mass is 9.76. The van der Waals surface area contributed by atoms with E-state index in [2.05, 4.69) is 101 Å². The van der Waals surface area contributed by atoms with Crippen molar-refractivity contribution in [3.05, 3.63) is 119 Å². The fourth-order valence-corrected chi connectivity index (χ4v) is 4.03. The van der Waals surface area contributed by atoms with E-state index in [0.717, 1.165) is 18.4 Å². The van der Waals surface area contributed by atoms with Gasteiger partial charge in [0.2, 0.25) is 0 Å². The molecule has 0 N–H and O–H groups in total. The Morgan fingerprint density at radius 2 is 1.59 bits per heavy atom. The molecule has 0 nitrogen and oxygen atoms in total. The molecule has 2 aromatic rings. The van der Waals surface area contributed by atoms with Crippen LogP contribution in [-0.2, 0) is 5.41 Å². The smallest absolute Gasteiger partial charge is 0.0375 e. The van der Waals surface area contributed by atoms with Crippen molar-refractivity contribution in [3.8, 4) is 12.3 Å². The highest BCUT2D eigenvalue weighted by Gasteiger charge is 2.25. The molecule has 0 saturated carbocycles. The summed E-state index contributed by atoms with van der Waals surface area (Å²) in [7, 11) is 0. The van der Waals surface area contributed by atoms with Gasteiger partial charge in [-0.3, -0.25) is 0 Å². The molecule has 0 amide bonds. The SMILES string of the molecule is C#CC(=C)C(C1=CC=C(C=C)CC1)c1ccc(C(C)(C)c2ccc(C)cc2)cc1. The van der Waals surface area contributed by atoms with Gasteiger partial charge in [0, 0.05) is 16.9 Å². The van der Waals surface area contributed by atoms with Crippen molar-refractivity contribution in [2.45, 2.75) is 44.9 Å². The van der Waals surface area contributed by atoms with Gasteiger partial charge in [0.15, 0.2) is 0 Å². The summed E-state index contributed by atoms with van der Waals surface area (Å²) in [5.41, 5.74) is 8.45. The second kappa shape index (κ2) is 8.54. The van der Waals surface area contributed by atoms with E-state index < -0.39 is 0 Å². The fourth-order valence-electron chi connectivity index (χ4n) is 4.03. The summed E-state index contributed by atoms with van der Waals surface area (Å²) in [6, 6.07) is 17.7. The zero-order valence-corrected chi connectivity index (χ0v) is 17.8. The lowest BCUT2D eigenvalue weighted by Gasteiger charge is -2.28. The van der Waals surface area contributed by atoms with Crippen molar-refractivity contribution in [2.24, 2.45) is 0 Å². The molecule has 0 saturated heterocycles. The van der Waals surface area contributed by atoms with Crippen LogP contribution in [0.3, 0.4) is 0 Å². The molecule has 3 rings (SSSR count). The first-order valence-electron chi connectivity index (χ1n) is 10.2. The number of hydrogen-bond acceptors (Lipinski definition) is 0. The van der Waals surface area contributed by atoms with Crippen LogP contribution in [0.25, 0.3) is 0 Å². The van der Waals surface area contributed by atoms with Gasteiger partial charge in [-0.25, -0.2) is 0 Å². The fraction of sp³-hybridized carbons (Fsp3) is 0.241. The van der Waals surface area contributed by atoms with Gasteiger partial charge < -0.3 is 0 Å². The normalized spacial score (nSPS) is 15.0. The molecular formula is C29H30. The van der Waals surface area contributed by atoms with E-state index in [1.165, 1.54) is 33.4 Å². The van der Waals surface area contributed by atoms with E-state index in [-0.39, 0.29) is 11.3 Å². The Morgan fingerprint density at radius 1 is 1.00 bits per heavy atom. The zero-order valence-electron chi connectivity index (χ0n) is 17.8. The lowest BCUT2D eigenvalue weighted by molar-refractivity contribution is 0.640. The Hall–Kier alpha value is -3.04. The van der Waals surface area contributed by atoms with Gasteiger partial charge in [0.1, 0.15) is 0 Å².